The van der Waals surface area contributed by atoms with Gasteiger partial charge in [0.05, 0.1) is 11.9 Å². The van der Waals surface area contributed by atoms with E-state index < -0.39 is 0 Å². The highest BCUT2D eigenvalue weighted by Crippen LogP contribution is 2.06. The van der Waals surface area contributed by atoms with Crippen LogP contribution in [0.3, 0.4) is 0 Å². The molecule has 2 aromatic rings. The molecule has 3 rings (SSSR count). The lowest BCUT2D eigenvalue weighted by Crippen LogP contribution is -2.48. The zero-order valence-electron chi connectivity index (χ0n) is 13.3. The van der Waals surface area contributed by atoms with Crippen molar-refractivity contribution in [2.24, 2.45) is 0 Å². The first-order chi connectivity index (χ1) is 11.2. The average Bonchev–Trinajstić information content (AvgIpc) is 2.61. The van der Waals surface area contributed by atoms with Crippen LogP contribution in [0.15, 0.2) is 29.1 Å². The molecule has 1 aliphatic heterocycles. The summed E-state index contributed by atoms with van der Waals surface area (Å²) in [4.78, 5) is 28.8. The highest BCUT2D eigenvalue weighted by Gasteiger charge is 2.20. The molecule has 1 saturated heterocycles. The second-order valence-electron chi connectivity index (χ2n) is 5.70. The molecule has 7 heteroatoms. The number of carbonyl (C=O) groups is 1. The van der Waals surface area contributed by atoms with Gasteiger partial charge in [-0.1, -0.05) is 24.3 Å². The minimum Gasteiger partial charge on any atom is -0.340 e. The quantitative estimate of drug-likeness (QED) is 0.814. The summed E-state index contributed by atoms with van der Waals surface area (Å²) in [5, 5.41) is 8.49. The summed E-state index contributed by atoms with van der Waals surface area (Å²) >= 11 is 0. The highest BCUT2D eigenvalue weighted by molar-refractivity contribution is 5.77. The van der Waals surface area contributed by atoms with Crippen LogP contribution in [0, 0.1) is 0 Å². The summed E-state index contributed by atoms with van der Waals surface area (Å²) in [6, 6.07) is 7.11. The molecule has 1 aliphatic rings. The van der Waals surface area contributed by atoms with Gasteiger partial charge in [-0.3, -0.25) is 9.59 Å². The molecule has 0 bridgehead atoms. The van der Waals surface area contributed by atoms with Crippen LogP contribution in [-0.4, -0.2) is 63.4 Å². The zero-order valence-corrected chi connectivity index (χ0v) is 13.3. The number of fused-ring (bicyclic) bond motifs is 1. The Morgan fingerprint density at radius 2 is 1.91 bits per heavy atom. The fourth-order valence-electron chi connectivity index (χ4n) is 2.84. The van der Waals surface area contributed by atoms with Gasteiger partial charge in [-0.15, -0.1) is 5.10 Å². The van der Waals surface area contributed by atoms with Crippen LogP contribution in [0.5, 0.6) is 0 Å². The molecular weight excluding hydrogens is 294 g/mol. The molecule has 0 atom stereocenters. The van der Waals surface area contributed by atoms with Crippen LogP contribution in [-0.2, 0) is 11.3 Å². The van der Waals surface area contributed by atoms with Gasteiger partial charge < -0.3 is 9.80 Å². The molecule has 23 heavy (non-hydrogen) atoms. The molecule has 0 N–H and O–H groups in total. The summed E-state index contributed by atoms with van der Waals surface area (Å²) < 4.78 is 1.28. The molecule has 0 spiro atoms. The predicted molar refractivity (Wildman–Crippen MR) is 87.1 cm³/mol. The SMILES string of the molecule is CCN1CCN(C(=O)CCn2nnc3ccccc3c2=O)CC1. The standard InChI is InChI=1S/C16H21N5O2/c1-2-19-9-11-20(12-10-19)15(22)7-8-21-16(23)13-5-3-4-6-14(13)17-18-21/h3-6H,2,7-12H2,1H3. The smallest absolute Gasteiger partial charge is 0.277 e. The van der Waals surface area contributed by atoms with Gasteiger partial charge in [0, 0.05) is 32.6 Å². The van der Waals surface area contributed by atoms with E-state index in [1.165, 1.54) is 4.68 Å². The van der Waals surface area contributed by atoms with E-state index in [1.54, 1.807) is 18.2 Å². The maximum absolute atomic E-state index is 12.3. The molecular formula is C16H21N5O2. The maximum Gasteiger partial charge on any atom is 0.277 e. The van der Waals surface area contributed by atoms with Crippen LogP contribution < -0.4 is 5.56 Å². The van der Waals surface area contributed by atoms with Crippen LogP contribution >= 0.6 is 0 Å². The van der Waals surface area contributed by atoms with Crippen molar-refractivity contribution in [2.75, 3.05) is 32.7 Å². The predicted octanol–water partition coefficient (Wildman–Crippen LogP) is 0.346. The molecule has 1 amide bonds. The Morgan fingerprint density at radius 1 is 1.17 bits per heavy atom. The number of benzene rings is 1. The number of rotatable bonds is 4. The first-order valence-corrected chi connectivity index (χ1v) is 8.01. The minimum absolute atomic E-state index is 0.0719. The Morgan fingerprint density at radius 3 is 2.65 bits per heavy atom. The number of aromatic nitrogens is 3. The second kappa shape index (κ2) is 6.87. The number of amides is 1. The summed E-state index contributed by atoms with van der Waals surface area (Å²) in [6.45, 7) is 6.75. The Labute approximate surface area is 134 Å². The number of hydrogen-bond donors (Lipinski definition) is 0. The van der Waals surface area contributed by atoms with Gasteiger partial charge in [-0.05, 0) is 18.7 Å². The number of piperazine rings is 1. The van der Waals surface area contributed by atoms with Gasteiger partial charge in [-0.25, -0.2) is 4.68 Å². The lowest BCUT2D eigenvalue weighted by molar-refractivity contribution is -0.133. The van der Waals surface area contributed by atoms with Crippen molar-refractivity contribution in [3.63, 3.8) is 0 Å². The molecule has 0 radical (unpaired) electrons. The van der Waals surface area contributed by atoms with E-state index in [-0.39, 0.29) is 24.4 Å². The summed E-state index contributed by atoms with van der Waals surface area (Å²) in [7, 11) is 0. The summed E-state index contributed by atoms with van der Waals surface area (Å²) in [6.07, 6.45) is 0.277. The number of hydrogen-bond acceptors (Lipinski definition) is 5. The molecule has 1 aromatic carbocycles. The van der Waals surface area contributed by atoms with E-state index in [9.17, 15) is 9.59 Å². The molecule has 122 valence electrons. The fraction of sp³-hybridized carbons (Fsp3) is 0.500. The van der Waals surface area contributed by atoms with Crippen molar-refractivity contribution in [2.45, 2.75) is 19.9 Å². The Kier molecular flexibility index (Phi) is 4.66. The lowest BCUT2D eigenvalue weighted by atomic mass is 10.2. The molecule has 1 fully saturated rings. The highest BCUT2D eigenvalue weighted by atomic mass is 16.2. The third kappa shape index (κ3) is 3.39. The lowest BCUT2D eigenvalue weighted by Gasteiger charge is -2.34. The van der Waals surface area contributed by atoms with Gasteiger partial charge in [-0.2, -0.15) is 0 Å². The van der Waals surface area contributed by atoms with Gasteiger partial charge in [0.1, 0.15) is 5.52 Å². The van der Waals surface area contributed by atoms with Gasteiger partial charge >= 0.3 is 0 Å². The topological polar surface area (TPSA) is 71.3 Å². The van der Waals surface area contributed by atoms with Gasteiger partial charge in [0.15, 0.2) is 0 Å². The van der Waals surface area contributed by atoms with Crippen LogP contribution in [0.2, 0.25) is 0 Å². The van der Waals surface area contributed by atoms with Gasteiger partial charge in [0.25, 0.3) is 5.56 Å². The van der Waals surface area contributed by atoms with Gasteiger partial charge in [0.2, 0.25) is 5.91 Å². The largest absolute Gasteiger partial charge is 0.340 e. The molecule has 0 saturated carbocycles. The normalized spacial score (nSPS) is 16.0. The first kappa shape index (κ1) is 15.6. The average molecular weight is 315 g/mol. The number of carbonyl (C=O) groups excluding carboxylic acids is 1. The molecule has 7 nitrogen and oxygen atoms in total. The van der Waals surface area contributed by atoms with Crippen LogP contribution in [0.1, 0.15) is 13.3 Å². The number of nitrogens with zero attached hydrogens (tertiary/aromatic N) is 5. The second-order valence-corrected chi connectivity index (χ2v) is 5.70. The van der Waals surface area contributed by atoms with E-state index in [0.717, 1.165) is 32.7 Å². The molecule has 0 aliphatic carbocycles. The Balaban J connectivity index is 1.63. The van der Waals surface area contributed by atoms with E-state index in [2.05, 4.69) is 22.1 Å². The van der Waals surface area contributed by atoms with Crippen molar-refractivity contribution < 1.29 is 4.79 Å². The minimum atomic E-state index is -0.195. The van der Waals surface area contributed by atoms with Crippen molar-refractivity contribution in [3.8, 4) is 0 Å². The van der Waals surface area contributed by atoms with Crippen molar-refractivity contribution in [3.05, 3.63) is 34.6 Å². The Bertz CT molecular complexity index is 749. The van der Waals surface area contributed by atoms with Crippen molar-refractivity contribution in [1.29, 1.82) is 0 Å². The van der Waals surface area contributed by atoms with E-state index in [0.29, 0.717) is 10.9 Å². The van der Waals surface area contributed by atoms with Crippen molar-refractivity contribution >= 4 is 16.8 Å². The van der Waals surface area contributed by atoms with E-state index in [4.69, 9.17) is 0 Å². The molecule has 0 unspecified atom stereocenters. The fourth-order valence-corrected chi connectivity index (χ4v) is 2.84. The number of aryl methyl sites for hydroxylation is 1. The number of likely N-dealkylation sites (N-methyl/N-ethyl adjacent to an activating group) is 1. The molecule has 2 heterocycles. The van der Waals surface area contributed by atoms with E-state index >= 15 is 0 Å². The zero-order chi connectivity index (χ0) is 16.2. The third-order valence-electron chi connectivity index (χ3n) is 4.34. The van der Waals surface area contributed by atoms with E-state index in [1.807, 2.05) is 11.0 Å². The third-order valence-corrected chi connectivity index (χ3v) is 4.34. The summed E-state index contributed by atoms with van der Waals surface area (Å²) in [5.74, 6) is 0.0719. The molecule has 1 aromatic heterocycles. The maximum atomic E-state index is 12.3. The van der Waals surface area contributed by atoms with Crippen LogP contribution in [0.25, 0.3) is 10.9 Å². The Hall–Kier alpha value is -2.28. The monoisotopic (exact) mass is 315 g/mol. The van der Waals surface area contributed by atoms with Crippen LogP contribution in [0.4, 0.5) is 0 Å². The summed E-state index contributed by atoms with van der Waals surface area (Å²) in [5.41, 5.74) is 0.384. The first-order valence-electron chi connectivity index (χ1n) is 8.01. The van der Waals surface area contributed by atoms with Crippen molar-refractivity contribution in [1.82, 2.24) is 24.8 Å².